The molecule has 0 bridgehead atoms. The number of amides is 2. The molecule has 0 fully saturated rings. The number of anilines is 2. The van der Waals surface area contributed by atoms with Gasteiger partial charge >= 0.3 is 18.2 Å². The summed E-state index contributed by atoms with van der Waals surface area (Å²) in [6.07, 6.45) is -1.30. The van der Waals surface area contributed by atoms with Gasteiger partial charge in [0.2, 0.25) is 0 Å². The van der Waals surface area contributed by atoms with Crippen molar-refractivity contribution in [2.75, 3.05) is 10.6 Å². The van der Waals surface area contributed by atoms with E-state index >= 15 is 0 Å². The molecule has 0 spiro atoms. The van der Waals surface area contributed by atoms with Crippen LogP contribution in [0.2, 0.25) is 0 Å². The van der Waals surface area contributed by atoms with Crippen molar-refractivity contribution in [1.29, 1.82) is 0 Å². The van der Waals surface area contributed by atoms with Crippen LogP contribution >= 0.6 is 12.9 Å². The molecule has 9 heteroatoms. The van der Waals surface area contributed by atoms with Gasteiger partial charge in [0, 0.05) is 31.2 Å². The van der Waals surface area contributed by atoms with Crippen LogP contribution in [0.4, 0.5) is 21.0 Å². The molecule has 2 rings (SSSR count). The molecule has 8 nitrogen and oxygen atoms in total. The van der Waals surface area contributed by atoms with E-state index in [4.69, 9.17) is 9.47 Å². The van der Waals surface area contributed by atoms with Crippen molar-refractivity contribution in [3.8, 4) is 0 Å². The summed E-state index contributed by atoms with van der Waals surface area (Å²) in [4.78, 5) is 33.7. The van der Waals surface area contributed by atoms with Crippen LogP contribution in [0.25, 0.3) is 0 Å². The number of hydrogen-bond donors (Lipinski definition) is 3. The number of carbonyl (C=O) groups is 3. The van der Waals surface area contributed by atoms with Gasteiger partial charge in [-0.3, -0.25) is 15.4 Å². The molecule has 0 saturated carbocycles. The van der Waals surface area contributed by atoms with Crippen LogP contribution in [0.15, 0.2) is 48.5 Å². The highest BCUT2D eigenvalue weighted by atomic mass is 32.1. The molecule has 2 N–H and O–H groups in total. The first-order valence-electron chi connectivity index (χ1n) is 7.83. The molecule has 2 amide bonds. The number of nitrogens with one attached hydrogen (secondary N) is 2. The molecule has 0 aliphatic rings. The highest BCUT2D eigenvalue weighted by Crippen LogP contribution is 2.13. The van der Waals surface area contributed by atoms with E-state index in [1.54, 1.807) is 48.5 Å². The SMILES string of the molecule is CC(=O)OCc1ccc(NC(=O)OCc2ccc(NC(=O)OS)cc2)cc1. The molecule has 2 aromatic carbocycles. The normalized spacial score (nSPS) is 9.85. The number of ether oxygens (including phenoxy) is 2. The van der Waals surface area contributed by atoms with Crippen LogP contribution in [0.3, 0.4) is 0 Å². The molecule has 2 aromatic rings. The third-order valence-corrected chi connectivity index (χ3v) is 3.46. The van der Waals surface area contributed by atoms with Crippen LogP contribution in [0.1, 0.15) is 18.1 Å². The fourth-order valence-electron chi connectivity index (χ4n) is 2.00. The molecule has 0 heterocycles. The van der Waals surface area contributed by atoms with E-state index in [1.165, 1.54) is 6.92 Å². The Morgan fingerprint density at radius 2 is 1.22 bits per heavy atom. The largest absolute Gasteiger partial charge is 0.461 e. The minimum Gasteiger partial charge on any atom is -0.461 e. The van der Waals surface area contributed by atoms with Gasteiger partial charge in [0.1, 0.15) is 13.2 Å². The quantitative estimate of drug-likeness (QED) is 0.299. The summed E-state index contributed by atoms with van der Waals surface area (Å²) >= 11 is 3.39. The lowest BCUT2D eigenvalue weighted by Crippen LogP contribution is -2.13. The fourth-order valence-corrected chi connectivity index (χ4v) is 2.04. The van der Waals surface area contributed by atoms with E-state index < -0.39 is 12.2 Å². The van der Waals surface area contributed by atoms with Crippen molar-refractivity contribution in [2.24, 2.45) is 0 Å². The average Bonchev–Trinajstić information content (AvgIpc) is 2.66. The Morgan fingerprint density at radius 3 is 1.67 bits per heavy atom. The van der Waals surface area contributed by atoms with Gasteiger partial charge in [0.25, 0.3) is 0 Å². The van der Waals surface area contributed by atoms with E-state index in [0.717, 1.165) is 11.1 Å². The van der Waals surface area contributed by atoms with E-state index in [-0.39, 0.29) is 19.2 Å². The first-order chi connectivity index (χ1) is 13.0. The molecule has 0 unspecified atom stereocenters. The van der Waals surface area contributed by atoms with E-state index in [9.17, 15) is 14.4 Å². The number of hydrogen-bond acceptors (Lipinski definition) is 7. The van der Waals surface area contributed by atoms with Crippen molar-refractivity contribution >= 4 is 42.4 Å². The Balaban J connectivity index is 1.78. The number of esters is 1. The molecular formula is C18H18N2O6S. The first-order valence-corrected chi connectivity index (χ1v) is 8.20. The van der Waals surface area contributed by atoms with Crippen molar-refractivity contribution < 1.29 is 28.0 Å². The summed E-state index contributed by atoms with van der Waals surface area (Å²) in [6, 6.07) is 13.5. The van der Waals surface area contributed by atoms with E-state index in [0.29, 0.717) is 11.4 Å². The Hall–Kier alpha value is -3.20. The molecule has 0 aliphatic heterocycles. The van der Waals surface area contributed by atoms with Crippen LogP contribution < -0.4 is 10.6 Å². The molecule has 0 saturated heterocycles. The number of rotatable bonds is 6. The van der Waals surface area contributed by atoms with Crippen molar-refractivity contribution in [3.05, 3.63) is 59.7 Å². The second-order valence-corrected chi connectivity index (χ2v) is 5.56. The van der Waals surface area contributed by atoms with Crippen LogP contribution in [-0.4, -0.2) is 18.2 Å². The minimum absolute atomic E-state index is 0.0632. The van der Waals surface area contributed by atoms with Gasteiger partial charge in [-0.25, -0.2) is 9.59 Å². The fraction of sp³-hybridized carbons (Fsp3) is 0.167. The van der Waals surface area contributed by atoms with Gasteiger partial charge < -0.3 is 13.7 Å². The summed E-state index contributed by atoms with van der Waals surface area (Å²) in [6.45, 7) is 1.58. The Bertz CT molecular complexity index is 793. The average molecular weight is 390 g/mol. The van der Waals surface area contributed by atoms with Crippen molar-refractivity contribution in [2.45, 2.75) is 20.1 Å². The lowest BCUT2D eigenvalue weighted by atomic mass is 10.2. The third kappa shape index (κ3) is 7.28. The standard InChI is InChI=1S/C18H18N2O6S/c1-12(21)24-10-13-2-6-15(7-3-13)19-17(22)25-11-14-4-8-16(9-5-14)20-18(23)26-27/h2-9,27H,10-11H2,1H3,(H,19,22)(H,20,23). The predicted molar refractivity (Wildman–Crippen MR) is 101 cm³/mol. The van der Waals surface area contributed by atoms with E-state index in [1.807, 2.05) is 0 Å². The number of benzene rings is 2. The molecule has 0 aromatic heterocycles. The van der Waals surface area contributed by atoms with Crippen molar-refractivity contribution in [1.82, 2.24) is 0 Å². The molecule has 0 atom stereocenters. The Kier molecular flexibility index (Phi) is 7.50. The molecular weight excluding hydrogens is 372 g/mol. The Morgan fingerprint density at radius 1 is 0.778 bits per heavy atom. The van der Waals surface area contributed by atoms with Gasteiger partial charge in [-0.2, -0.15) is 0 Å². The summed E-state index contributed by atoms with van der Waals surface area (Å²) in [5.41, 5.74) is 2.62. The van der Waals surface area contributed by atoms with Crippen LogP contribution in [0.5, 0.6) is 0 Å². The number of thiol groups is 1. The van der Waals surface area contributed by atoms with Gasteiger partial charge in [-0.05, 0) is 35.4 Å². The highest BCUT2D eigenvalue weighted by Gasteiger charge is 2.06. The molecule has 0 radical (unpaired) electrons. The zero-order valence-corrected chi connectivity index (χ0v) is 15.3. The monoisotopic (exact) mass is 390 g/mol. The third-order valence-electron chi connectivity index (χ3n) is 3.30. The van der Waals surface area contributed by atoms with Crippen LogP contribution in [0, 0.1) is 0 Å². The molecule has 27 heavy (non-hydrogen) atoms. The van der Waals surface area contributed by atoms with Gasteiger partial charge in [-0.15, -0.1) is 0 Å². The number of carbonyl (C=O) groups excluding carboxylic acids is 3. The smallest absolute Gasteiger partial charge is 0.423 e. The summed E-state index contributed by atoms with van der Waals surface area (Å²) < 4.78 is 14.2. The maximum Gasteiger partial charge on any atom is 0.423 e. The second kappa shape index (κ2) is 10.1. The second-order valence-electron chi connectivity index (χ2n) is 5.38. The van der Waals surface area contributed by atoms with E-state index in [2.05, 4.69) is 27.7 Å². The maximum atomic E-state index is 11.9. The Labute approximate surface area is 161 Å². The van der Waals surface area contributed by atoms with Crippen LogP contribution in [-0.2, 0) is 31.7 Å². The highest BCUT2D eigenvalue weighted by molar-refractivity contribution is 7.75. The molecule has 0 aliphatic carbocycles. The minimum atomic E-state index is -0.694. The lowest BCUT2D eigenvalue weighted by molar-refractivity contribution is -0.142. The molecule has 142 valence electrons. The lowest BCUT2D eigenvalue weighted by Gasteiger charge is -2.09. The van der Waals surface area contributed by atoms with Gasteiger partial charge in [0.05, 0.1) is 0 Å². The summed E-state index contributed by atoms with van der Waals surface area (Å²) in [5, 5.41) is 5.05. The first kappa shape index (κ1) is 20.1. The van der Waals surface area contributed by atoms with Gasteiger partial charge in [0.15, 0.2) is 0 Å². The predicted octanol–water partition coefficient (Wildman–Crippen LogP) is 3.89. The maximum absolute atomic E-state index is 11.9. The van der Waals surface area contributed by atoms with Gasteiger partial charge in [-0.1, -0.05) is 24.3 Å². The summed E-state index contributed by atoms with van der Waals surface area (Å²) in [5.74, 6) is -0.355. The summed E-state index contributed by atoms with van der Waals surface area (Å²) in [7, 11) is 0. The zero-order valence-electron chi connectivity index (χ0n) is 14.4. The zero-order chi connectivity index (χ0) is 19.6. The van der Waals surface area contributed by atoms with Crippen molar-refractivity contribution in [3.63, 3.8) is 0 Å². The topological polar surface area (TPSA) is 103 Å².